The minimum atomic E-state index is -4.47. The van der Waals surface area contributed by atoms with Gasteiger partial charge in [-0.2, -0.15) is 13.2 Å². The van der Waals surface area contributed by atoms with Crippen LogP contribution in [-0.4, -0.2) is 46.2 Å². The number of nitrogens with one attached hydrogen (secondary N) is 1. The van der Waals surface area contributed by atoms with E-state index in [2.05, 4.69) is 20.6 Å². The second kappa shape index (κ2) is 10.7. The minimum Gasteiger partial charge on any atom is -0.497 e. The second-order valence-electron chi connectivity index (χ2n) is 10.3. The van der Waals surface area contributed by atoms with Crippen molar-refractivity contribution in [3.05, 3.63) is 83.5 Å². The molecule has 2 aromatic carbocycles. The van der Waals surface area contributed by atoms with Gasteiger partial charge < -0.3 is 19.3 Å². The van der Waals surface area contributed by atoms with Crippen molar-refractivity contribution < 1.29 is 36.4 Å². The van der Waals surface area contributed by atoms with Crippen LogP contribution < -0.4 is 14.8 Å². The lowest BCUT2D eigenvalue weighted by Crippen LogP contribution is -2.28. The molecular formula is C30H25F4N5O4. The highest BCUT2D eigenvalue weighted by Gasteiger charge is 2.66. The highest BCUT2D eigenvalue weighted by Crippen LogP contribution is 2.59. The van der Waals surface area contributed by atoms with Crippen LogP contribution in [0.25, 0.3) is 22.2 Å². The fraction of sp³-hybridized carbons (Fsp3) is 0.267. The summed E-state index contributed by atoms with van der Waals surface area (Å²) in [6, 6.07) is 14.8. The molecule has 0 aliphatic heterocycles. The van der Waals surface area contributed by atoms with Gasteiger partial charge >= 0.3 is 6.18 Å². The Morgan fingerprint density at radius 1 is 1.05 bits per heavy atom. The van der Waals surface area contributed by atoms with E-state index in [1.807, 2.05) is 24.3 Å². The van der Waals surface area contributed by atoms with Crippen molar-refractivity contribution in [2.45, 2.75) is 37.4 Å². The lowest BCUT2D eigenvalue weighted by molar-refractivity contribution is -0.165. The van der Waals surface area contributed by atoms with Crippen molar-refractivity contribution in [2.75, 3.05) is 19.5 Å². The topological polar surface area (TPSA) is 104 Å². The summed E-state index contributed by atoms with van der Waals surface area (Å²) in [5.74, 6) is -0.684. The van der Waals surface area contributed by atoms with Crippen LogP contribution in [0.1, 0.15) is 29.7 Å². The number of methoxy groups -OCH3 is 2. The number of hydrogen-bond acceptors (Lipinski definition) is 7. The van der Waals surface area contributed by atoms with Gasteiger partial charge in [-0.15, -0.1) is 5.10 Å². The van der Waals surface area contributed by atoms with Crippen LogP contribution in [0.4, 0.5) is 23.4 Å². The Hall–Kier alpha value is -4.94. The molecule has 0 saturated heterocycles. The maximum Gasteiger partial charge on any atom is 0.401 e. The first-order chi connectivity index (χ1) is 20.6. The summed E-state index contributed by atoms with van der Waals surface area (Å²) in [5, 5.41) is 11.1. The summed E-state index contributed by atoms with van der Waals surface area (Å²) in [6.45, 7) is 0.445. The Bertz CT molecular complexity index is 1810. The first kappa shape index (κ1) is 28.2. The number of fused-ring (bicyclic) bond motifs is 1. The van der Waals surface area contributed by atoms with E-state index in [0.717, 1.165) is 17.4 Å². The van der Waals surface area contributed by atoms with Gasteiger partial charge in [0.25, 0.3) is 0 Å². The Morgan fingerprint density at radius 2 is 1.81 bits per heavy atom. The van der Waals surface area contributed by atoms with Gasteiger partial charge in [0.1, 0.15) is 17.0 Å². The van der Waals surface area contributed by atoms with Crippen molar-refractivity contribution in [2.24, 2.45) is 0 Å². The van der Waals surface area contributed by atoms with Gasteiger partial charge in [0, 0.05) is 17.8 Å². The standard InChI is InChI=1S/C30H25F4N5O4/c1-41-21-7-3-17(4-8-21)16-39-27-22(28(37-39)42-2)11-20(15-35-27)18-5-6-19(23(31)12-18)13-26(40)36-25-14-24(43-38-25)29(9-10-29)30(32,33)34/h3-8,11-12,14-15H,9-10,13,16H2,1-2H3,(H,36,38,40). The molecule has 1 N–H and O–H groups in total. The lowest BCUT2D eigenvalue weighted by Gasteiger charge is -2.14. The summed E-state index contributed by atoms with van der Waals surface area (Å²) in [6.07, 6.45) is -3.43. The molecule has 0 atom stereocenters. The Morgan fingerprint density at radius 3 is 2.47 bits per heavy atom. The fourth-order valence-electron chi connectivity index (χ4n) is 4.94. The molecule has 3 aromatic heterocycles. The Balaban J connectivity index is 1.17. The number of benzene rings is 2. The predicted molar refractivity (Wildman–Crippen MR) is 147 cm³/mol. The van der Waals surface area contributed by atoms with Gasteiger partial charge in [0.15, 0.2) is 17.2 Å². The zero-order valence-electron chi connectivity index (χ0n) is 23.0. The number of carbonyl (C=O) groups excluding carboxylic acids is 1. The average molecular weight is 596 g/mol. The number of carbonyl (C=O) groups is 1. The molecule has 1 saturated carbocycles. The number of amides is 1. The number of hydrogen-bond donors (Lipinski definition) is 1. The van der Waals surface area contributed by atoms with Gasteiger partial charge in [-0.25, -0.2) is 14.1 Å². The quantitative estimate of drug-likeness (QED) is 0.207. The third kappa shape index (κ3) is 5.38. The van der Waals surface area contributed by atoms with E-state index in [-0.39, 0.29) is 36.4 Å². The normalized spacial score (nSPS) is 14.1. The number of aromatic nitrogens is 4. The molecule has 13 heteroatoms. The van der Waals surface area contributed by atoms with E-state index in [1.165, 1.54) is 19.2 Å². The van der Waals surface area contributed by atoms with Crippen molar-refractivity contribution in [1.82, 2.24) is 19.9 Å². The van der Waals surface area contributed by atoms with E-state index in [0.29, 0.717) is 34.6 Å². The van der Waals surface area contributed by atoms with E-state index < -0.39 is 23.3 Å². The summed E-state index contributed by atoms with van der Waals surface area (Å²) in [4.78, 5) is 17.1. The van der Waals surface area contributed by atoms with E-state index in [9.17, 15) is 18.0 Å². The van der Waals surface area contributed by atoms with Crippen molar-refractivity contribution in [3.8, 4) is 22.8 Å². The fourth-order valence-corrected chi connectivity index (χ4v) is 4.94. The van der Waals surface area contributed by atoms with Crippen LogP contribution in [0, 0.1) is 5.82 Å². The number of nitrogens with zero attached hydrogens (tertiary/aromatic N) is 4. The smallest absolute Gasteiger partial charge is 0.401 e. The largest absolute Gasteiger partial charge is 0.497 e. The van der Waals surface area contributed by atoms with Crippen molar-refractivity contribution in [3.63, 3.8) is 0 Å². The SMILES string of the molecule is COc1ccc(Cn2nc(OC)c3cc(-c4ccc(CC(=O)Nc5cc(C6(C(F)(F)F)CC6)on5)c(F)c4)cnc32)cc1. The van der Waals surface area contributed by atoms with Crippen LogP contribution in [0.2, 0.25) is 0 Å². The van der Waals surface area contributed by atoms with Crippen LogP contribution >= 0.6 is 0 Å². The van der Waals surface area contributed by atoms with Crippen LogP contribution in [0.5, 0.6) is 11.6 Å². The van der Waals surface area contributed by atoms with Gasteiger partial charge in [0.2, 0.25) is 11.8 Å². The second-order valence-corrected chi connectivity index (χ2v) is 10.3. The molecule has 43 heavy (non-hydrogen) atoms. The van der Waals surface area contributed by atoms with E-state index in [4.69, 9.17) is 14.0 Å². The number of pyridine rings is 1. The van der Waals surface area contributed by atoms with E-state index >= 15 is 4.39 Å². The maximum atomic E-state index is 15.1. The Kier molecular flexibility index (Phi) is 7.03. The number of rotatable bonds is 9. The van der Waals surface area contributed by atoms with E-state index in [1.54, 1.807) is 30.1 Å². The summed E-state index contributed by atoms with van der Waals surface area (Å²) < 4.78 is 72.3. The minimum absolute atomic E-state index is 0.0952. The zero-order valence-corrected chi connectivity index (χ0v) is 23.0. The third-order valence-corrected chi connectivity index (χ3v) is 7.52. The number of alkyl halides is 3. The molecule has 1 amide bonds. The molecule has 1 aliphatic carbocycles. The summed E-state index contributed by atoms with van der Waals surface area (Å²) >= 11 is 0. The number of anilines is 1. The molecule has 0 unspecified atom stereocenters. The highest BCUT2D eigenvalue weighted by molar-refractivity contribution is 5.91. The van der Waals surface area contributed by atoms with Crippen LogP contribution in [0.3, 0.4) is 0 Å². The van der Waals surface area contributed by atoms with Crippen LogP contribution in [0.15, 0.2) is 65.3 Å². The van der Waals surface area contributed by atoms with Gasteiger partial charge in [0.05, 0.1) is 32.6 Å². The molecule has 1 aliphatic rings. The highest BCUT2D eigenvalue weighted by atomic mass is 19.4. The molecule has 9 nitrogen and oxygen atoms in total. The molecule has 0 spiro atoms. The third-order valence-electron chi connectivity index (χ3n) is 7.52. The maximum absolute atomic E-state index is 15.1. The first-order valence-corrected chi connectivity index (χ1v) is 13.3. The first-order valence-electron chi connectivity index (χ1n) is 13.3. The average Bonchev–Trinajstić information content (AvgIpc) is 3.58. The molecule has 3 heterocycles. The molecule has 0 radical (unpaired) electrons. The predicted octanol–water partition coefficient (Wildman–Crippen LogP) is 6.07. The molecule has 0 bridgehead atoms. The van der Waals surface area contributed by atoms with Gasteiger partial charge in [-0.3, -0.25) is 4.79 Å². The molecular weight excluding hydrogens is 570 g/mol. The summed E-state index contributed by atoms with van der Waals surface area (Å²) in [7, 11) is 3.11. The van der Waals surface area contributed by atoms with Crippen molar-refractivity contribution in [1.29, 1.82) is 0 Å². The Labute approximate surface area is 242 Å². The molecule has 222 valence electrons. The van der Waals surface area contributed by atoms with Gasteiger partial charge in [-0.05, 0) is 53.8 Å². The monoisotopic (exact) mass is 595 g/mol. The summed E-state index contributed by atoms with van der Waals surface area (Å²) in [5.41, 5.74) is 0.740. The molecule has 5 aromatic rings. The number of halogens is 4. The van der Waals surface area contributed by atoms with Crippen LogP contribution in [-0.2, 0) is 23.2 Å². The zero-order chi connectivity index (χ0) is 30.4. The van der Waals surface area contributed by atoms with Crippen molar-refractivity contribution >= 4 is 22.8 Å². The molecule has 6 rings (SSSR count). The number of ether oxygens (including phenoxy) is 2. The molecule has 1 fully saturated rings. The van der Waals surface area contributed by atoms with Gasteiger partial charge in [-0.1, -0.05) is 29.4 Å². The lowest BCUT2D eigenvalue weighted by atomic mass is 10.0.